The molecule has 338 valence electrons. The minimum Gasteiger partial charge on any atom is -0.393 e. The van der Waals surface area contributed by atoms with Crippen LogP contribution in [0.2, 0.25) is 0 Å². The minimum absolute atomic E-state index is 0.126. The van der Waals surface area contributed by atoms with Crippen LogP contribution in [0.5, 0.6) is 0 Å². The second-order valence-corrected chi connectivity index (χ2v) is 17.6. The van der Waals surface area contributed by atoms with Crippen molar-refractivity contribution in [3.05, 3.63) is 76.5 Å². The van der Waals surface area contributed by atoms with E-state index in [0.29, 0.717) is 43.6 Å². The van der Waals surface area contributed by atoms with Crippen LogP contribution in [0, 0.1) is 0 Å². The largest absolute Gasteiger partial charge is 0.393 e. The molecule has 17 heteroatoms. The molecule has 0 bridgehead atoms. The number of anilines is 1. The van der Waals surface area contributed by atoms with E-state index in [1.54, 1.807) is 17.8 Å². The van der Waals surface area contributed by atoms with Gasteiger partial charge < -0.3 is 24.6 Å². The van der Waals surface area contributed by atoms with E-state index in [9.17, 15) is 32.7 Å². The van der Waals surface area contributed by atoms with Crippen LogP contribution >= 0.6 is 0 Å². The number of amides is 2. The number of rotatable bonds is 16. The van der Waals surface area contributed by atoms with E-state index in [0.717, 1.165) is 99.0 Å². The number of fused-ring (bicyclic) bond motifs is 2. The third-order valence-corrected chi connectivity index (χ3v) is 12.9. The first-order valence-electron chi connectivity index (χ1n) is 22.3. The zero-order chi connectivity index (χ0) is 44.3. The Bertz CT molecular complexity index is 2450. The van der Waals surface area contributed by atoms with Gasteiger partial charge in [-0.3, -0.25) is 28.9 Å². The molecule has 0 spiro atoms. The van der Waals surface area contributed by atoms with E-state index in [1.165, 1.54) is 17.1 Å². The lowest BCUT2D eigenvalue weighted by molar-refractivity contribution is -0.137. The SMILES string of the molecule is C[C@@H](CC(F)(F)F)Nc1ncc2c(-c3ccc(CN4CCN(CCCOCCCc5ccc6c(c5)n(C)c(=O)n6C5CCC(=O)NC5=O)CC4)cc3)cn(C3CCC(O)CC3)c2n1. The molecule has 63 heavy (non-hydrogen) atoms. The lowest BCUT2D eigenvalue weighted by Gasteiger charge is -2.34. The van der Waals surface area contributed by atoms with Gasteiger partial charge in [0.05, 0.1) is 23.6 Å². The highest BCUT2D eigenvalue weighted by Crippen LogP contribution is 2.37. The van der Waals surface area contributed by atoms with Crippen molar-refractivity contribution < 1.29 is 32.6 Å². The van der Waals surface area contributed by atoms with Crippen molar-refractivity contribution in [2.24, 2.45) is 7.05 Å². The predicted molar refractivity (Wildman–Crippen MR) is 234 cm³/mol. The Morgan fingerprint density at radius 2 is 1.63 bits per heavy atom. The van der Waals surface area contributed by atoms with Gasteiger partial charge in [0.1, 0.15) is 11.7 Å². The molecule has 1 unspecified atom stereocenters. The molecule has 2 saturated heterocycles. The number of imidazole rings is 1. The number of aromatic nitrogens is 5. The lowest BCUT2D eigenvalue weighted by Crippen LogP contribution is -2.46. The number of carbonyl (C=O) groups is 2. The smallest absolute Gasteiger partial charge is 0.391 e. The number of benzene rings is 2. The highest BCUT2D eigenvalue weighted by Gasteiger charge is 2.32. The summed E-state index contributed by atoms with van der Waals surface area (Å²) in [6.45, 7) is 8.62. The van der Waals surface area contributed by atoms with Crippen LogP contribution < -0.4 is 16.3 Å². The Morgan fingerprint density at radius 1 is 0.921 bits per heavy atom. The van der Waals surface area contributed by atoms with E-state index in [2.05, 4.69) is 60.4 Å². The van der Waals surface area contributed by atoms with Crippen molar-refractivity contribution in [2.75, 3.05) is 51.3 Å². The second-order valence-electron chi connectivity index (χ2n) is 17.6. The predicted octanol–water partition coefficient (Wildman–Crippen LogP) is 6.12. The van der Waals surface area contributed by atoms with Crippen LogP contribution in [0.3, 0.4) is 0 Å². The van der Waals surface area contributed by atoms with Crippen molar-refractivity contribution >= 4 is 39.8 Å². The molecule has 14 nitrogen and oxygen atoms in total. The number of piperidine rings is 1. The van der Waals surface area contributed by atoms with Crippen LogP contribution in [0.1, 0.15) is 87.9 Å². The number of piperazine rings is 1. The van der Waals surface area contributed by atoms with Gasteiger partial charge >= 0.3 is 11.9 Å². The molecule has 5 heterocycles. The number of carbonyl (C=O) groups excluding carboxylic acids is 2. The van der Waals surface area contributed by atoms with Crippen molar-refractivity contribution in [3.63, 3.8) is 0 Å². The molecule has 2 amide bonds. The molecule has 0 radical (unpaired) electrons. The molecule has 2 aliphatic heterocycles. The summed E-state index contributed by atoms with van der Waals surface area (Å²) in [6, 6.07) is 13.0. The van der Waals surface area contributed by atoms with E-state index >= 15 is 0 Å². The number of alkyl halides is 3. The molecule has 3 N–H and O–H groups in total. The van der Waals surface area contributed by atoms with E-state index < -0.39 is 30.6 Å². The Balaban J connectivity index is 0.777. The Kier molecular flexibility index (Phi) is 13.7. The molecule has 3 aliphatic rings. The van der Waals surface area contributed by atoms with Crippen molar-refractivity contribution in [1.29, 1.82) is 0 Å². The number of halogens is 3. The van der Waals surface area contributed by atoms with Gasteiger partial charge in [0.2, 0.25) is 17.8 Å². The number of aliphatic hydroxyl groups excluding tert-OH is 1. The first kappa shape index (κ1) is 44.5. The van der Waals surface area contributed by atoms with E-state index in [4.69, 9.17) is 9.72 Å². The first-order valence-corrected chi connectivity index (χ1v) is 22.3. The fourth-order valence-electron chi connectivity index (χ4n) is 9.45. The maximum absolute atomic E-state index is 13.1. The van der Waals surface area contributed by atoms with Crippen LogP contribution in [-0.2, 0) is 34.3 Å². The normalized spacial score (nSPS) is 21.0. The highest BCUT2D eigenvalue weighted by molar-refractivity contribution is 6.00. The van der Waals surface area contributed by atoms with Crippen molar-refractivity contribution in [2.45, 2.75) is 108 Å². The molecule has 2 atom stereocenters. The molecule has 3 fully saturated rings. The number of ether oxygens (including phenoxy) is 1. The van der Waals surface area contributed by atoms with Gasteiger partial charge in [0, 0.05) is 101 Å². The first-order chi connectivity index (χ1) is 30.3. The summed E-state index contributed by atoms with van der Waals surface area (Å²) in [6.07, 6.45) is 4.32. The topological polar surface area (TPSA) is 152 Å². The maximum atomic E-state index is 13.1. The molecular formula is C46H58F3N9O5. The third-order valence-electron chi connectivity index (χ3n) is 12.9. The van der Waals surface area contributed by atoms with Gasteiger partial charge in [-0.15, -0.1) is 0 Å². The zero-order valence-corrected chi connectivity index (χ0v) is 36.1. The van der Waals surface area contributed by atoms with Gasteiger partial charge in [0.15, 0.2) is 0 Å². The van der Waals surface area contributed by atoms with Gasteiger partial charge in [-0.2, -0.15) is 18.2 Å². The average molecular weight is 874 g/mol. The Hall–Kier alpha value is -5.10. The molecular weight excluding hydrogens is 816 g/mol. The number of nitrogens with one attached hydrogen (secondary N) is 2. The number of imide groups is 1. The molecule has 5 aromatic rings. The number of aryl methyl sites for hydroxylation is 2. The average Bonchev–Trinajstić information content (AvgIpc) is 3.74. The third kappa shape index (κ3) is 10.6. The van der Waals surface area contributed by atoms with Crippen LogP contribution in [0.15, 0.2) is 59.7 Å². The van der Waals surface area contributed by atoms with Crippen LogP contribution in [0.25, 0.3) is 33.2 Å². The summed E-state index contributed by atoms with van der Waals surface area (Å²) in [5.74, 6) is -0.574. The summed E-state index contributed by atoms with van der Waals surface area (Å²) < 4.78 is 50.3. The highest BCUT2D eigenvalue weighted by atomic mass is 19.4. The quantitative estimate of drug-likeness (QED) is 0.0783. The monoisotopic (exact) mass is 873 g/mol. The maximum Gasteiger partial charge on any atom is 0.391 e. The molecule has 8 rings (SSSR count). The van der Waals surface area contributed by atoms with Gasteiger partial charge in [-0.25, -0.2) is 9.78 Å². The number of aliphatic hydroxyl groups is 1. The summed E-state index contributed by atoms with van der Waals surface area (Å²) in [5.41, 5.74) is 6.18. The minimum atomic E-state index is -4.29. The second kappa shape index (κ2) is 19.3. The number of hydrogen-bond donors (Lipinski definition) is 3. The van der Waals surface area contributed by atoms with E-state index in [-0.39, 0.29) is 36.1 Å². The van der Waals surface area contributed by atoms with Gasteiger partial charge in [-0.1, -0.05) is 30.3 Å². The summed E-state index contributed by atoms with van der Waals surface area (Å²) >= 11 is 0. The Morgan fingerprint density at radius 3 is 2.37 bits per heavy atom. The van der Waals surface area contributed by atoms with Crippen LogP contribution in [0.4, 0.5) is 19.1 Å². The Labute approximate surface area is 364 Å². The summed E-state index contributed by atoms with van der Waals surface area (Å²) in [7, 11) is 1.71. The van der Waals surface area contributed by atoms with Gasteiger partial charge in [0.25, 0.3) is 0 Å². The van der Waals surface area contributed by atoms with Gasteiger partial charge in [-0.05, 0) is 87.1 Å². The fourth-order valence-corrected chi connectivity index (χ4v) is 9.45. The summed E-state index contributed by atoms with van der Waals surface area (Å²) in [5, 5.41) is 16.2. The number of nitrogens with zero attached hydrogens (tertiary/aromatic N) is 7. The standard InChI is InChI=1S/C46H58F3N9O5/c1-30(26-46(47,48)49)51-44-50-27-36-37(29-57(42(36)53-44)34-11-13-35(59)14-12-34)33-9-6-32(7-10-33)28-56-21-19-55(20-22-56)18-4-24-63-23-3-5-31-8-15-38-40(25-31)54(2)45(62)58(38)39-16-17-41(60)52-43(39)61/h6-10,15,25,27,29-30,34-35,39,59H,3-5,11-14,16-24,26,28H2,1-2H3,(H,50,51,53)(H,52,60,61)/t30-,34?,35?,39?/m0/s1. The van der Waals surface area contributed by atoms with Crippen molar-refractivity contribution in [1.82, 2.24) is 38.8 Å². The lowest BCUT2D eigenvalue weighted by atomic mass is 9.93. The van der Waals surface area contributed by atoms with E-state index in [1.807, 2.05) is 18.2 Å². The zero-order valence-electron chi connectivity index (χ0n) is 36.1. The van der Waals surface area contributed by atoms with Crippen molar-refractivity contribution in [3.8, 4) is 11.1 Å². The number of hydrogen-bond acceptors (Lipinski definition) is 10. The fraction of sp³-hybridized carbons (Fsp3) is 0.543. The van der Waals surface area contributed by atoms with Crippen LogP contribution in [-0.4, -0.2) is 115 Å². The molecule has 1 saturated carbocycles. The molecule has 1 aliphatic carbocycles. The molecule has 3 aromatic heterocycles. The summed E-state index contributed by atoms with van der Waals surface area (Å²) in [4.78, 5) is 51.3. The molecule has 2 aromatic carbocycles.